The number of ether oxygens (including phenoxy) is 1. The lowest BCUT2D eigenvalue weighted by molar-refractivity contribution is -0.117. The summed E-state index contributed by atoms with van der Waals surface area (Å²) in [4.78, 5) is 27.8. The van der Waals surface area contributed by atoms with Gasteiger partial charge in [-0.2, -0.15) is 0 Å². The average Bonchev–Trinajstić information content (AvgIpc) is 2.41. The predicted octanol–water partition coefficient (Wildman–Crippen LogP) is 3.70. The van der Waals surface area contributed by atoms with Crippen LogP contribution in [-0.2, 0) is 9.53 Å². The maximum atomic E-state index is 12.5. The molecule has 1 aromatic rings. The Morgan fingerprint density at radius 1 is 1.27 bits per heavy atom. The van der Waals surface area contributed by atoms with Gasteiger partial charge in [0.05, 0.1) is 17.4 Å². The van der Waals surface area contributed by atoms with Crippen LogP contribution in [0.4, 0.5) is 16.2 Å². The number of nitrogens with zero attached hydrogens (tertiary/aromatic N) is 2. The Morgan fingerprint density at radius 2 is 2.00 bits per heavy atom. The first kappa shape index (κ1) is 15.3. The number of rotatable bonds is 1. The van der Waals surface area contributed by atoms with E-state index < -0.39 is 0 Å². The summed E-state index contributed by atoms with van der Waals surface area (Å²) in [6.07, 6.45) is 2.73. The molecule has 22 heavy (non-hydrogen) atoms. The van der Waals surface area contributed by atoms with Crippen molar-refractivity contribution in [1.29, 1.82) is 0 Å². The molecule has 0 radical (unpaired) electrons. The van der Waals surface area contributed by atoms with Gasteiger partial charge >= 0.3 is 6.09 Å². The predicted molar refractivity (Wildman–Crippen MR) is 88.2 cm³/mol. The fourth-order valence-corrected chi connectivity index (χ4v) is 3.29. The molecule has 0 spiro atoms. The summed E-state index contributed by atoms with van der Waals surface area (Å²) in [7, 11) is 0. The number of carbonyl (C=O) groups excluding carboxylic acids is 2. The molecule has 1 heterocycles. The number of anilines is 2. The number of hydrogen-bond acceptors (Lipinski definition) is 3. The van der Waals surface area contributed by atoms with E-state index in [1.165, 1.54) is 0 Å². The van der Waals surface area contributed by atoms with Gasteiger partial charge in [-0.05, 0) is 44.4 Å². The van der Waals surface area contributed by atoms with Gasteiger partial charge in [-0.25, -0.2) is 4.79 Å². The Kier molecular flexibility index (Phi) is 4.12. The highest BCUT2D eigenvalue weighted by Gasteiger charge is 2.35. The van der Waals surface area contributed by atoms with Crippen LogP contribution in [0.5, 0.6) is 0 Å². The largest absolute Gasteiger partial charge is 0.446 e. The molecule has 2 aliphatic rings. The molecule has 0 bridgehead atoms. The number of benzene rings is 1. The minimum Gasteiger partial charge on any atom is -0.446 e. The van der Waals surface area contributed by atoms with Crippen molar-refractivity contribution in [2.45, 2.75) is 45.3 Å². The van der Waals surface area contributed by atoms with Crippen LogP contribution in [-0.4, -0.2) is 30.7 Å². The van der Waals surface area contributed by atoms with Gasteiger partial charge in [-0.3, -0.25) is 9.69 Å². The molecule has 0 aromatic heterocycles. The van der Waals surface area contributed by atoms with E-state index in [1.807, 2.05) is 25.1 Å². The maximum Gasteiger partial charge on any atom is 0.414 e. The van der Waals surface area contributed by atoms with Crippen LogP contribution >= 0.6 is 15.9 Å². The second-order valence-electron chi connectivity index (χ2n) is 5.92. The van der Waals surface area contributed by atoms with Crippen molar-refractivity contribution in [3.63, 3.8) is 0 Å². The Balaban J connectivity index is 1.94. The normalized spacial score (nSPS) is 21.1. The van der Waals surface area contributed by atoms with Crippen molar-refractivity contribution in [1.82, 2.24) is 0 Å². The smallest absolute Gasteiger partial charge is 0.414 e. The van der Waals surface area contributed by atoms with E-state index in [-0.39, 0.29) is 24.1 Å². The fraction of sp³-hybridized carbons (Fsp3) is 0.500. The maximum absolute atomic E-state index is 12.5. The second kappa shape index (κ2) is 5.91. The van der Waals surface area contributed by atoms with Gasteiger partial charge in [0.2, 0.25) is 5.91 Å². The topological polar surface area (TPSA) is 49.9 Å². The van der Waals surface area contributed by atoms with Crippen molar-refractivity contribution in [2.24, 2.45) is 0 Å². The minimum absolute atomic E-state index is 0.0249. The summed E-state index contributed by atoms with van der Waals surface area (Å²) in [5.74, 6) is -0.0249. The first-order valence-electron chi connectivity index (χ1n) is 7.55. The molecule has 0 saturated heterocycles. The quantitative estimate of drug-likeness (QED) is 0.761. The molecule has 1 atom stereocenters. The summed E-state index contributed by atoms with van der Waals surface area (Å²) < 4.78 is 6.40. The molecular formula is C16H19BrN2O3. The van der Waals surface area contributed by atoms with Crippen LogP contribution in [0.25, 0.3) is 0 Å². The van der Waals surface area contributed by atoms with Crippen molar-refractivity contribution in [2.75, 3.05) is 16.3 Å². The summed E-state index contributed by atoms with van der Waals surface area (Å²) in [5.41, 5.74) is 1.46. The van der Waals surface area contributed by atoms with E-state index in [0.717, 1.165) is 29.4 Å². The Bertz CT molecular complexity index is 615. The third kappa shape index (κ3) is 2.72. The molecule has 118 valence electrons. The molecule has 1 aliphatic heterocycles. The average molecular weight is 367 g/mol. The third-order valence-corrected chi connectivity index (χ3v) is 4.75. The van der Waals surface area contributed by atoms with Gasteiger partial charge in [-0.1, -0.05) is 15.9 Å². The molecule has 5 nitrogen and oxygen atoms in total. The van der Waals surface area contributed by atoms with Crippen LogP contribution in [0, 0.1) is 0 Å². The van der Waals surface area contributed by atoms with Crippen molar-refractivity contribution in [3.8, 4) is 0 Å². The number of halogens is 1. The molecule has 1 aromatic carbocycles. The first-order chi connectivity index (χ1) is 10.5. The molecule has 1 aliphatic carbocycles. The van der Waals surface area contributed by atoms with Crippen molar-refractivity contribution < 1.29 is 14.3 Å². The van der Waals surface area contributed by atoms with E-state index in [9.17, 15) is 9.59 Å². The summed E-state index contributed by atoms with van der Waals surface area (Å²) in [5, 5.41) is 0. The third-order valence-electron chi connectivity index (χ3n) is 4.25. The van der Waals surface area contributed by atoms with E-state index in [2.05, 4.69) is 15.9 Å². The van der Waals surface area contributed by atoms with E-state index >= 15 is 0 Å². The molecular weight excluding hydrogens is 348 g/mol. The lowest BCUT2D eigenvalue weighted by Gasteiger charge is -2.41. The molecule has 0 N–H and O–H groups in total. The Morgan fingerprint density at radius 3 is 2.59 bits per heavy atom. The summed E-state index contributed by atoms with van der Waals surface area (Å²) >= 11 is 3.43. The lowest BCUT2D eigenvalue weighted by atomic mass is 9.96. The first-order valence-corrected chi connectivity index (χ1v) is 8.34. The monoisotopic (exact) mass is 366 g/mol. The number of amides is 2. The van der Waals surface area contributed by atoms with Gasteiger partial charge < -0.3 is 9.64 Å². The van der Waals surface area contributed by atoms with E-state index in [1.54, 1.807) is 16.7 Å². The Labute approximate surface area is 138 Å². The molecule has 1 saturated carbocycles. The van der Waals surface area contributed by atoms with Crippen LogP contribution in [0.1, 0.15) is 33.1 Å². The van der Waals surface area contributed by atoms with Gasteiger partial charge in [0.1, 0.15) is 6.10 Å². The zero-order chi connectivity index (χ0) is 15.9. The molecule has 3 rings (SSSR count). The van der Waals surface area contributed by atoms with Crippen LogP contribution in [0.3, 0.4) is 0 Å². The van der Waals surface area contributed by atoms with Crippen molar-refractivity contribution >= 4 is 39.3 Å². The van der Waals surface area contributed by atoms with Gasteiger partial charge in [-0.15, -0.1) is 0 Å². The molecule has 1 fully saturated rings. The zero-order valence-corrected chi connectivity index (χ0v) is 14.3. The highest BCUT2D eigenvalue weighted by atomic mass is 79.9. The molecule has 6 heteroatoms. The number of carbonyl (C=O) groups is 2. The SMILES string of the molecule is CC(=O)N1c2ccc(Br)cc2N(C(=O)OC2CCC2)CC1C. The summed E-state index contributed by atoms with van der Waals surface area (Å²) in [6.45, 7) is 3.93. The molecule has 2 amide bonds. The van der Waals surface area contributed by atoms with Gasteiger partial charge in [0, 0.05) is 17.9 Å². The van der Waals surface area contributed by atoms with E-state index in [4.69, 9.17) is 4.74 Å². The van der Waals surface area contributed by atoms with Gasteiger partial charge in [0.25, 0.3) is 0 Å². The summed E-state index contributed by atoms with van der Waals surface area (Å²) in [6, 6.07) is 5.52. The Hall–Kier alpha value is -1.56. The van der Waals surface area contributed by atoms with Crippen LogP contribution in [0.15, 0.2) is 22.7 Å². The highest BCUT2D eigenvalue weighted by molar-refractivity contribution is 9.10. The number of hydrogen-bond donors (Lipinski definition) is 0. The standard InChI is InChI=1S/C16H19BrN2O3/c1-10-9-18(16(21)22-13-4-3-5-13)15-8-12(17)6-7-14(15)19(10)11(2)20/h6-8,10,13H,3-5,9H2,1-2H3. The zero-order valence-electron chi connectivity index (χ0n) is 12.7. The van der Waals surface area contributed by atoms with Crippen LogP contribution < -0.4 is 9.80 Å². The lowest BCUT2D eigenvalue weighted by Crippen LogP contribution is -2.52. The second-order valence-corrected chi connectivity index (χ2v) is 6.83. The van der Waals surface area contributed by atoms with E-state index in [0.29, 0.717) is 12.2 Å². The van der Waals surface area contributed by atoms with Gasteiger partial charge in [0.15, 0.2) is 0 Å². The minimum atomic E-state index is -0.320. The highest BCUT2D eigenvalue weighted by Crippen LogP contribution is 2.38. The molecule has 1 unspecified atom stereocenters. The fourth-order valence-electron chi connectivity index (χ4n) is 2.95. The van der Waals surface area contributed by atoms with Crippen LogP contribution in [0.2, 0.25) is 0 Å². The van der Waals surface area contributed by atoms with Crippen molar-refractivity contribution in [3.05, 3.63) is 22.7 Å². The number of fused-ring (bicyclic) bond motifs is 1.